The van der Waals surface area contributed by atoms with Gasteiger partial charge in [0.2, 0.25) is 0 Å². The minimum atomic E-state index is -4.18. The Morgan fingerprint density at radius 3 is 2.41 bits per heavy atom. The van der Waals surface area contributed by atoms with E-state index in [0.29, 0.717) is 29.5 Å². The normalized spacial score (nSPS) is 14.6. The van der Waals surface area contributed by atoms with Gasteiger partial charge in [0.05, 0.1) is 29.8 Å². The van der Waals surface area contributed by atoms with Crippen LogP contribution >= 0.6 is 7.75 Å². The van der Waals surface area contributed by atoms with Crippen LogP contribution in [0.2, 0.25) is 0 Å². The van der Waals surface area contributed by atoms with Crippen LogP contribution < -0.4 is 15.3 Å². The molecule has 0 aliphatic carbocycles. The maximum atomic E-state index is 14.6. The van der Waals surface area contributed by atoms with E-state index in [0.717, 1.165) is 27.2 Å². The Bertz CT molecular complexity index is 1890. The Balaban J connectivity index is 1.55. The number of hydrogen-bond acceptors (Lipinski definition) is 9. The van der Waals surface area contributed by atoms with E-state index in [1.807, 2.05) is 79.9 Å². The lowest BCUT2D eigenvalue weighted by molar-refractivity contribution is -0.149. The molecule has 3 N–H and O–H groups in total. The molecule has 5 rings (SSSR count). The molecule has 46 heavy (non-hydrogen) atoms. The summed E-state index contributed by atoms with van der Waals surface area (Å²) < 4.78 is 40.1. The zero-order valence-electron chi connectivity index (χ0n) is 27.1. The number of nitrogens with two attached hydrogens (primary N) is 1. The summed E-state index contributed by atoms with van der Waals surface area (Å²) >= 11 is 0. The Morgan fingerprint density at radius 1 is 0.978 bits per heavy atom. The van der Waals surface area contributed by atoms with Crippen LogP contribution in [0.4, 0.5) is 5.82 Å². The van der Waals surface area contributed by atoms with Crippen LogP contribution in [-0.4, -0.2) is 45.9 Å². The Labute approximate surface area is 269 Å². The molecule has 0 amide bonds. The molecule has 0 bridgehead atoms. The molecule has 0 aliphatic rings. The van der Waals surface area contributed by atoms with Crippen LogP contribution in [0.3, 0.4) is 0 Å². The van der Waals surface area contributed by atoms with Gasteiger partial charge in [0.1, 0.15) is 29.7 Å². The third kappa shape index (κ3) is 7.34. The summed E-state index contributed by atoms with van der Waals surface area (Å²) in [5.41, 5.74) is 8.48. The summed E-state index contributed by atoms with van der Waals surface area (Å²) in [6, 6.07) is 19.5. The molecular formula is C34H42N5O6P. The van der Waals surface area contributed by atoms with Crippen molar-refractivity contribution in [2.24, 2.45) is 5.92 Å². The van der Waals surface area contributed by atoms with Crippen LogP contribution in [0.1, 0.15) is 53.4 Å². The molecular weight excluding hydrogens is 605 g/mol. The van der Waals surface area contributed by atoms with Crippen LogP contribution in [0.25, 0.3) is 32.7 Å². The van der Waals surface area contributed by atoms with Crippen molar-refractivity contribution in [3.8, 4) is 5.75 Å². The van der Waals surface area contributed by atoms with Gasteiger partial charge in [-0.2, -0.15) is 5.09 Å². The first kappa shape index (κ1) is 33.3. The molecule has 0 saturated carbocycles. The number of hydrogen-bond donors (Lipinski definition) is 2. The number of imidazole rings is 1. The standard InChI is InChI=1S/C34H42N5O6P/c1-7-42-20-30-37-31-32(27-14-10-11-15-28(27)36-33(31)35)39(30)29(21(2)3)19-43-46(41,38-23(6)34(40)44-22(4)5)45-26-17-16-24-12-8-9-13-25(24)18-26/h8-18,21-23,29H,7,19-20H2,1-6H3,(H2,35,36)(H,38,41)/t23-,29+,46-/m0/s1. The van der Waals surface area contributed by atoms with Gasteiger partial charge in [0.25, 0.3) is 0 Å². The number of nitrogen functional groups attached to an aromatic ring is 1. The van der Waals surface area contributed by atoms with E-state index in [2.05, 4.69) is 10.1 Å². The number of nitrogens with one attached hydrogen (secondary N) is 1. The van der Waals surface area contributed by atoms with Gasteiger partial charge in [0, 0.05) is 12.0 Å². The first-order chi connectivity index (χ1) is 22.0. The first-order valence-corrected chi connectivity index (χ1v) is 17.1. The summed E-state index contributed by atoms with van der Waals surface area (Å²) in [5, 5.41) is 5.59. The van der Waals surface area contributed by atoms with E-state index >= 15 is 0 Å². The molecule has 11 nitrogen and oxygen atoms in total. The van der Waals surface area contributed by atoms with E-state index in [1.165, 1.54) is 0 Å². The Morgan fingerprint density at radius 2 is 1.70 bits per heavy atom. The van der Waals surface area contributed by atoms with Gasteiger partial charge in [0.15, 0.2) is 5.82 Å². The van der Waals surface area contributed by atoms with E-state index < -0.39 is 19.8 Å². The van der Waals surface area contributed by atoms with E-state index in [1.54, 1.807) is 32.9 Å². The maximum absolute atomic E-state index is 14.6. The number of para-hydroxylation sites is 1. The third-order valence-electron chi connectivity index (χ3n) is 7.58. The molecule has 0 aliphatic heterocycles. The number of nitrogens with zero attached hydrogens (tertiary/aromatic N) is 3. The molecule has 244 valence electrons. The van der Waals surface area contributed by atoms with Crippen LogP contribution in [0.5, 0.6) is 5.75 Å². The molecule has 0 unspecified atom stereocenters. The molecule has 5 aromatic rings. The van der Waals surface area contributed by atoms with Crippen LogP contribution in [0, 0.1) is 5.92 Å². The maximum Gasteiger partial charge on any atom is 0.459 e. The van der Waals surface area contributed by atoms with Gasteiger partial charge in [-0.1, -0.05) is 62.4 Å². The average molecular weight is 648 g/mol. The minimum Gasteiger partial charge on any atom is -0.462 e. The van der Waals surface area contributed by atoms with Gasteiger partial charge >= 0.3 is 13.7 Å². The molecule has 12 heteroatoms. The number of esters is 1. The molecule has 0 saturated heterocycles. The topological polar surface area (TPSA) is 140 Å². The number of carbonyl (C=O) groups excluding carboxylic acids is 1. The first-order valence-electron chi connectivity index (χ1n) is 15.5. The number of ether oxygens (including phenoxy) is 2. The predicted molar refractivity (Wildman–Crippen MR) is 181 cm³/mol. The zero-order chi connectivity index (χ0) is 33.0. The molecule has 2 heterocycles. The Kier molecular flexibility index (Phi) is 10.3. The van der Waals surface area contributed by atoms with Crippen molar-refractivity contribution in [1.29, 1.82) is 0 Å². The van der Waals surface area contributed by atoms with Crippen molar-refractivity contribution in [2.45, 2.75) is 66.3 Å². The lowest BCUT2D eigenvalue weighted by atomic mass is 10.0. The predicted octanol–water partition coefficient (Wildman–Crippen LogP) is 7.19. The molecule has 0 fully saturated rings. The van der Waals surface area contributed by atoms with E-state index in [4.69, 9.17) is 29.2 Å². The second-order valence-electron chi connectivity index (χ2n) is 11.8. The summed E-state index contributed by atoms with van der Waals surface area (Å²) in [6.45, 7) is 11.7. The highest BCUT2D eigenvalue weighted by atomic mass is 31.2. The number of fused-ring (bicyclic) bond motifs is 4. The average Bonchev–Trinajstić information content (AvgIpc) is 3.39. The molecule has 0 spiro atoms. The van der Waals surface area contributed by atoms with Crippen LogP contribution in [-0.2, 0) is 30.0 Å². The number of rotatable bonds is 14. The van der Waals surface area contributed by atoms with Crippen molar-refractivity contribution in [3.63, 3.8) is 0 Å². The number of carbonyl (C=O) groups is 1. The Hall–Kier alpha value is -4.02. The van der Waals surface area contributed by atoms with Crippen molar-refractivity contribution < 1.29 is 27.9 Å². The summed E-state index contributed by atoms with van der Waals surface area (Å²) in [4.78, 5) is 22.2. The number of anilines is 1. The fourth-order valence-electron chi connectivity index (χ4n) is 5.34. The summed E-state index contributed by atoms with van der Waals surface area (Å²) in [6.07, 6.45) is -0.348. The monoisotopic (exact) mass is 647 g/mol. The SMILES string of the molecule is CCOCc1nc2c(N)nc3ccccc3c2n1[C@H](CO[P@@](=O)(N[C@@H](C)C(=O)OC(C)C)Oc1ccc2ccccc2c1)C(C)C. The van der Waals surface area contributed by atoms with Crippen molar-refractivity contribution in [2.75, 3.05) is 18.9 Å². The minimum absolute atomic E-state index is 0.0247. The highest BCUT2D eigenvalue weighted by molar-refractivity contribution is 7.52. The van der Waals surface area contributed by atoms with E-state index in [-0.39, 0.29) is 31.3 Å². The molecule has 0 radical (unpaired) electrons. The van der Waals surface area contributed by atoms with E-state index in [9.17, 15) is 9.36 Å². The van der Waals surface area contributed by atoms with Crippen LogP contribution in [0.15, 0.2) is 66.7 Å². The largest absolute Gasteiger partial charge is 0.462 e. The van der Waals surface area contributed by atoms with Gasteiger partial charge in [-0.05, 0) is 62.6 Å². The fourth-order valence-corrected chi connectivity index (χ4v) is 6.84. The molecule has 2 aromatic heterocycles. The number of benzene rings is 3. The second-order valence-corrected chi connectivity index (χ2v) is 13.5. The third-order valence-corrected chi connectivity index (χ3v) is 9.23. The fraction of sp³-hybridized carbons (Fsp3) is 0.382. The smallest absolute Gasteiger partial charge is 0.459 e. The lowest BCUT2D eigenvalue weighted by Gasteiger charge is -2.29. The quantitative estimate of drug-likeness (QED) is 0.0940. The zero-order valence-corrected chi connectivity index (χ0v) is 28.0. The molecule has 3 aromatic carbocycles. The van der Waals surface area contributed by atoms with Gasteiger partial charge in [-0.25, -0.2) is 14.5 Å². The number of pyridine rings is 1. The van der Waals surface area contributed by atoms with Crippen molar-refractivity contribution >= 4 is 52.2 Å². The lowest BCUT2D eigenvalue weighted by Crippen LogP contribution is -2.36. The van der Waals surface area contributed by atoms with Crippen molar-refractivity contribution in [3.05, 3.63) is 72.6 Å². The second kappa shape index (κ2) is 14.2. The number of aromatic nitrogens is 3. The highest BCUT2D eigenvalue weighted by Crippen LogP contribution is 2.47. The van der Waals surface area contributed by atoms with Crippen molar-refractivity contribution in [1.82, 2.24) is 19.6 Å². The van der Waals surface area contributed by atoms with Gasteiger partial charge in [-0.15, -0.1) is 0 Å². The summed E-state index contributed by atoms with van der Waals surface area (Å²) in [7, 11) is -4.18. The van der Waals surface area contributed by atoms with Gasteiger partial charge in [-0.3, -0.25) is 9.32 Å². The summed E-state index contributed by atoms with van der Waals surface area (Å²) in [5.74, 6) is 0.669. The van der Waals surface area contributed by atoms with Gasteiger partial charge < -0.3 is 24.3 Å². The highest BCUT2D eigenvalue weighted by Gasteiger charge is 2.35. The molecule has 3 atom stereocenters.